The van der Waals surface area contributed by atoms with Crippen LogP contribution in [0, 0.1) is 0 Å². The molecular weight excluding hydrogens is 208 g/mol. The van der Waals surface area contributed by atoms with Crippen molar-refractivity contribution in [3.8, 4) is 0 Å². The maximum Gasteiger partial charge on any atom is 0.0724 e. The zero-order valence-corrected chi connectivity index (χ0v) is 8.62. The first kappa shape index (κ1) is 10.7. The van der Waals surface area contributed by atoms with Crippen molar-refractivity contribution in [2.45, 2.75) is 25.7 Å². The summed E-state index contributed by atoms with van der Waals surface area (Å²) in [6.45, 7) is 0. The molecule has 1 aliphatic carbocycles. The average molecular weight is 218 g/mol. The Morgan fingerprint density at radius 1 is 1.00 bits per heavy atom. The monoisotopic (exact) mass is 218 g/mol. The molecule has 0 unspecified atom stereocenters. The van der Waals surface area contributed by atoms with Gasteiger partial charge in [0.25, 0.3) is 0 Å². The van der Waals surface area contributed by atoms with Gasteiger partial charge in [-0.05, 0) is 36.8 Å². The van der Waals surface area contributed by atoms with E-state index in [0.717, 1.165) is 24.8 Å². The Balaban J connectivity index is 2.66. The van der Waals surface area contributed by atoms with Crippen LogP contribution >= 0.6 is 0 Å². The lowest BCUT2D eigenvalue weighted by atomic mass is 9.86. The number of fused-ring (bicyclic) bond motifs is 1. The van der Waals surface area contributed by atoms with Crippen LogP contribution in [0.1, 0.15) is 44.7 Å². The van der Waals surface area contributed by atoms with Crippen LogP contribution in [0.25, 0.3) is 0 Å². The summed E-state index contributed by atoms with van der Waals surface area (Å²) in [5.74, 6) is -2.90. The van der Waals surface area contributed by atoms with Gasteiger partial charge in [0.2, 0.25) is 0 Å². The van der Waals surface area contributed by atoms with E-state index in [1.165, 1.54) is 6.07 Å². The Labute approximate surface area is 92.5 Å². The smallest absolute Gasteiger partial charge is 0.0724 e. The van der Waals surface area contributed by atoms with Crippen molar-refractivity contribution in [3.05, 3.63) is 34.4 Å². The van der Waals surface area contributed by atoms with Crippen LogP contribution in [-0.2, 0) is 12.8 Å². The molecule has 0 fully saturated rings. The number of benzene rings is 1. The molecule has 4 nitrogen and oxygen atoms in total. The maximum absolute atomic E-state index is 11.0. The van der Waals surface area contributed by atoms with Crippen LogP contribution in [0.15, 0.2) is 12.1 Å². The van der Waals surface area contributed by atoms with Crippen molar-refractivity contribution >= 4 is 11.9 Å². The van der Waals surface area contributed by atoms with Gasteiger partial charge in [-0.15, -0.1) is 0 Å². The average Bonchev–Trinajstić information content (AvgIpc) is 2.27. The first-order valence-corrected chi connectivity index (χ1v) is 5.18. The fourth-order valence-corrected chi connectivity index (χ4v) is 2.23. The first-order chi connectivity index (χ1) is 7.61. The molecule has 0 saturated carbocycles. The Bertz CT molecular complexity index is 462. The van der Waals surface area contributed by atoms with Crippen LogP contribution in [0.4, 0.5) is 0 Å². The number of hydrogen-bond acceptors (Lipinski definition) is 4. The van der Waals surface area contributed by atoms with Gasteiger partial charge in [-0.25, -0.2) is 0 Å². The number of carboxylic acids is 2. The van der Waals surface area contributed by atoms with Crippen molar-refractivity contribution in [3.63, 3.8) is 0 Å². The van der Waals surface area contributed by atoms with E-state index >= 15 is 0 Å². The van der Waals surface area contributed by atoms with Gasteiger partial charge < -0.3 is 19.8 Å². The van der Waals surface area contributed by atoms with Crippen LogP contribution in [0.5, 0.6) is 0 Å². The molecule has 1 aromatic rings. The van der Waals surface area contributed by atoms with Crippen LogP contribution in [0.2, 0.25) is 0 Å². The lowest BCUT2D eigenvalue weighted by Crippen LogP contribution is -2.32. The van der Waals surface area contributed by atoms with Gasteiger partial charge in [0.05, 0.1) is 11.9 Å². The van der Waals surface area contributed by atoms with Crippen LogP contribution in [0.3, 0.4) is 0 Å². The molecule has 0 saturated heterocycles. The first-order valence-electron chi connectivity index (χ1n) is 5.18. The molecule has 0 aliphatic heterocycles. The van der Waals surface area contributed by atoms with Crippen LogP contribution < -0.4 is 10.2 Å². The van der Waals surface area contributed by atoms with E-state index in [9.17, 15) is 19.8 Å². The van der Waals surface area contributed by atoms with E-state index in [-0.39, 0.29) is 11.1 Å². The second kappa shape index (κ2) is 3.96. The molecule has 0 amide bonds. The number of rotatable bonds is 2. The number of carboxylic acid groups (broad SMARTS) is 2. The topological polar surface area (TPSA) is 80.3 Å². The fraction of sp³-hybridized carbons (Fsp3) is 0.333. The third-order valence-electron chi connectivity index (χ3n) is 2.96. The molecule has 0 spiro atoms. The highest BCUT2D eigenvalue weighted by Gasteiger charge is 2.17. The number of aryl methyl sites for hydroxylation is 1. The normalized spacial score (nSPS) is 14.2. The number of carbonyl (C=O) groups excluding carboxylic acids is 2. The third kappa shape index (κ3) is 1.66. The molecule has 2 rings (SSSR count). The van der Waals surface area contributed by atoms with Gasteiger partial charge in [-0.3, -0.25) is 0 Å². The molecule has 0 N–H and O–H groups in total. The van der Waals surface area contributed by atoms with E-state index in [2.05, 4.69) is 0 Å². The Hall–Kier alpha value is -1.84. The summed E-state index contributed by atoms with van der Waals surface area (Å²) < 4.78 is 0. The lowest BCUT2D eigenvalue weighted by Gasteiger charge is -2.23. The molecular formula is C12H10O4-2. The Morgan fingerprint density at radius 3 is 2.31 bits per heavy atom. The summed E-state index contributed by atoms with van der Waals surface area (Å²) in [6, 6.07) is 2.97. The lowest BCUT2D eigenvalue weighted by molar-refractivity contribution is -0.259. The second-order valence-corrected chi connectivity index (χ2v) is 3.91. The number of hydrogen-bond donors (Lipinski definition) is 0. The third-order valence-corrected chi connectivity index (χ3v) is 2.96. The molecule has 4 heteroatoms. The van der Waals surface area contributed by atoms with E-state index in [4.69, 9.17) is 0 Å². The van der Waals surface area contributed by atoms with Gasteiger partial charge in [-0.1, -0.05) is 12.1 Å². The molecule has 0 radical (unpaired) electrons. The zero-order valence-electron chi connectivity index (χ0n) is 8.62. The van der Waals surface area contributed by atoms with E-state index in [1.807, 2.05) is 0 Å². The van der Waals surface area contributed by atoms with E-state index in [0.29, 0.717) is 12.0 Å². The minimum Gasteiger partial charge on any atom is -0.545 e. The fourth-order valence-electron chi connectivity index (χ4n) is 2.23. The van der Waals surface area contributed by atoms with Crippen LogP contribution in [-0.4, -0.2) is 11.9 Å². The van der Waals surface area contributed by atoms with Gasteiger partial charge >= 0.3 is 0 Å². The molecule has 0 atom stereocenters. The van der Waals surface area contributed by atoms with Crippen molar-refractivity contribution in [1.29, 1.82) is 0 Å². The summed E-state index contributed by atoms with van der Waals surface area (Å²) >= 11 is 0. The highest BCUT2D eigenvalue weighted by molar-refractivity contribution is 6.01. The van der Waals surface area contributed by atoms with Crippen molar-refractivity contribution in [2.24, 2.45) is 0 Å². The quantitative estimate of drug-likeness (QED) is 0.657. The minimum absolute atomic E-state index is 0.197. The van der Waals surface area contributed by atoms with E-state index < -0.39 is 11.9 Å². The summed E-state index contributed by atoms with van der Waals surface area (Å²) in [4.78, 5) is 21.8. The number of aromatic carboxylic acids is 2. The summed E-state index contributed by atoms with van der Waals surface area (Å²) in [6.07, 6.45) is 3.27. The van der Waals surface area contributed by atoms with E-state index in [1.54, 1.807) is 6.07 Å². The van der Waals surface area contributed by atoms with Gasteiger partial charge in [0.15, 0.2) is 0 Å². The summed E-state index contributed by atoms with van der Waals surface area (Å²) in [7, 11) is 0. The van der Waals surface area contributed by atoms with Gasteiger partial charge in [0, 0.05) is 11.1 Å². The van der Waals surface area contributed by atoms with Gasteiger partial charge in [0.1, 0.15) is 0 Å². The minimum atomic E-state index is -1.47. The summed E-state index contributed by atoms with van der Waals surface area (Å²) in [5, 5.41) is 21.8. The Morgan fingerprint density at radius 2 is 1.69 bits per heavy atom. The zero-order chi connectivity index (χ0) is 11.7. The standard InChI is InChI=1S/C12H12O4/c13-11(14)9-6-5-7-3-1-2-4-8(7)10(9)12(15)16/h5-6H,1-4H2,(H,13,14)(H,15,16)/p-2. The largest absolute Gasteiger partial charge is 0.545 e. The summed E-state index contributed by atoms with van der Waals surface area (Å²) in [5.41, 5.74) is 1.04. The van der Waals surface area contributed by atoms with Crippen molar-refractivity contribution < 1.29 is 19.8 Å². The van der Waals surface area contributed by atoms with Crippen molar-refractivity contribution in [2.75, 3.05) is 0 Å². The highest BCUT2D eigenvalue weighted by atomic mass is 16.4. The molecule has 1 aliphatic rings. The van der Waals surface area contributed by atoms with Crippen molar-refractivity contribution in [1.82, 2.24) is 0 Å². The highest BCUT2D eigenvalue weighted by Crippen LogP contribution is 2.26. The molecule has 0 bridgehead atoms. The molecule has 16 heavy (non-hydrogen) atoms. The second-order valence-electron chi connectivity index (χ2n) is 3.91. The predicted molar refractivity (Wildman–Crippen MR) is 51.7 cm³/mol. The molecule has 1 aromatic carbocycles. The molecule has 0 heterocycles. The maximum atomic E-state index is 11.0. The number of carbonyl (C=O) groups is 2. The predicted octanol–water partition coefficient (Wildman–Crippen LogP) is -0.708. The Kier molecular flexibility index (Phi) is 2.64. The SMILES string of the molecule is O=C([O-])c1ccc2c(c1C(=O)[O-])CCCC2. The molecule has 0 aromatic heterocycles. The van der Waals surface area contributed by atoms with Gasteiger partial charge in [-0.2, -0.15) is 0 Å². The molecule has 84 valence electrons.